The highest BCUT2D eigenvalue weighted by Crippen LogP contribution is 2.44. The lowest BCUT2D eigenvalue weighted by Gasteiger charge is -2.24. The van der Waals surface area contributed by atoms with E-state index in [-0.39, 0.29) is 6.29 Å². The van der Waals surface area contributed by atoms with E-state index >= 15 is 0 Å². The van der Waals surface area contributed by atoms with Gasteiger partial charge in [0, 0.05) is 26.8 Å². The van der Waals surface area contributed by atoms with E-state index in [2.05, 4.69) is 5.32 Å². The summed E-state index contributed by atoms with van der Waals surface area (Å²) in [5.74, 6) is 1.93. The van der Waals surface area contributed by atoms with E-state index < -0.39 is 0 Å². The molecule has 0 amide bonds. The van der Waals surface area contributed by atoms with E-state index in [1.54, 1.807) is 14.2 Å². The Kier molecular flexibility index (Phi) is 3.42. The van der Waals surface area contributed by atoms with Crippen LogP contribution in [0.25, 0.3) is 0 Å². The van der Waals surface area contributed by atoms with Crippen molar-refractivity contribution in [2.45, 2.75) is 38.0 Å². The molecule has 0 heterocycles. The van der Waals surface area contributed by atoms with Crippen LogP contribution in [0, 0.1) is 11.8 Å². The predicted octanol–water partition coefficient (Wildman–Crippen LogP) is 1.38. The normalized spacial score (nSPS) is 35.8. The molecule has 0 radical (unpaired) electrons. The zero-order chi connectivity index (χ0) is 9.97. The monoisotopic (exact) mass is 199 g/mol. The molecule has 1 N–H and O–H groups in total. The molecule has 3 nitrogen and oxygen atoms in total. The third-order valence-corrected chi connectivity index (χ3v) is 3.81. The highest BCUT2D eigenvalue weighted by molar-refractivity contribution is 4.94. The summed E-state index contributed by atoms with van der Waals surface area (Å²) < 4.78 is 10.3. The smallest absolute Gasteiger partial charge is 0.169 e. The number of hydrogen-bond acceptors (Lipinski definition) is 3. The number of fused-ring (bicyclic) bond motifs is 2. The first kappa shape index (κ1) is 10.4. The van der Waals surface area contributed by atoms with Gasteiger partial charge in [0.25, 0.3) is 0 Å². The number of nitrogens with one attached hydrogen (secondary N) is 1. The fourth-order valence-corrected chi connectivity index (χ4v) is 3.01. The number of rotatable bonds is 5. The van der Waals surface area contributed by atoms with E-state index in [0.717, 1.165) is 24.4 Å². The molecule has 0 aromatic rings. The van der Waals surface area contributed by atoms with Gasteiger partial charge in [-0.15, -0.1) is 0 Å². The van der Waals surface area contributed by atoms with Crippen LogP contribution >= 0.6 is 0 Å². The number of hydrogen-bond donors (Lipinski definition) is 1. The van der Waals surface area contributed by atoms with Crippen LogP contribution in [-0.2, 0) is 9.47 Å². The van der Waals surface area contributed by atoms with Crippen molar-refractivity contribution in [3.63, 3.8) is 0 Å². The summed E-state index contributed by atoms with van der Waals surface area (Å²) in [6.45, 7) is 0.820. The van der Waals surface area contributed by atoms with E-state index in [0.29, 0.717) is 0 Å². The molecule has 2 rings (SSSR count). The molecular formula is C11H21NO2. The average molecular weight is 199 g/mol. The summed E-state index contributed by atoms with van der Waals surface area (Å²) in [4.78, 5) is 0. The molecule has 0 aliphatic heterocycles. The Bertz CT molecular complexity index is 182. The Hall–Kier alpha value is -0.120. The van der Waals surface area contributed by atoms with Crippen molar-refractivity contribution in [2.24, 2.45) is 11.8 Å². The van der Waals surface area contributed by atoms with Crippen molar-refractivity contribution in [1.82, 2.24) is 5.32 Å². The Morgan fingerprint density at radius 2 is 2.00 bits per heavy atom. The van der Waals surface area contributed by atoms with Crippen molar-refractivity contribution >= 4 is 0 Å². The molecule has 2 aliphatic rings. The summed E-state index contributed by atoms with van der Waals surface area (Å²) in [5.41, 5.74) is 0. The largest absolute Gasteiger partial charge is 0.355 e. The summed E-state index contributed by atoms with van der Waals surface area (Å²) in [5, 5.41) is 3.56. The molecule has 2 aliphatic carbocycles. The molecule has 3 unspecified atom stereocenters. The fraction of sp³-hybridized carbons (Fsp3) is 1.00. The van der Waals surface area contributed by atoms with Gasteiger partial charge in [0.2, 0.25) is 0 Å². The molecular weight excluding hydrogens is 178 g/mol. The topological polar surface area (TPSA) is 30.5 Å². The molecule has 0 saturated heterocycles. The molecule has 82 valence electrons. The SMILES string of the molecule is COC(CNC1CC2CCC1C2)OC. The average Bonchev–Trinajstić information content (AvgIpc) is 2.80. The van der Waals surface area contributed by atoms with Gasteiger partial charge < -0.3 is 14.8 Å². The van der Waals surface area contributed by atoms with Crippen LogP contribution in [0.2, 0.25) is 0 Å². The molecule has 0 aromatic carbocycles. The van der Waals surface area contributed by atoms with Crippen LogP contribution < -0.4 is 5.32 Å². The standard InChI is InChI=1S/C11H21NO2/c1-13-11(14-2)7-12-10-6-8-3-4-9(10)5-8/h8-12H,3-7H2,1-2H3. The number of ether oxygens (including phenoxy) is 2. The zero-order valence-corrected chi connectivity index (χ0v) is 9.16. The third kappa shape index (κ3) is 2.10. The van der Waals surface area contributed by atoms with Crippen LogP contribution in [0.5, 0.6) is 0 Å². The van der Waals surface area contributed by atoms with Gasteiger partial charge in [-0.05, 0) is 31.1 Å². The van der Waals surface area contributed by atoms with Crippen molar-refractivity contribution in [3.05, 3.63) is 0 Å². The predicted molar refractivity (Wildman–Crippen MR) is 55.0 cm³/mol. The summed E-state index contributed by atoms with van der Waals surface area (Å²) in [7, 11) is 3.38. The molecule has 14 heavy (non-hydrogen) atoms. The van der Waals surface area contributed by atoms with Crippen LogP contribution in [0.15, 0.2) is 0 Å². The van der Waals surface area contributed by atoms with E-state index in [4.69, 9.17) is 9.47 Å². The highest BCUT2D eigenvalue weighted by atomic mass is 16.7. The maximum atomic E-state index is 5.15. The minimum Gasteiger partial charge on any atom is -0.355 e. The second-order valence-corrected chi connectivity index (χ2v) is 4.59. The first-order chi connectivity index (χ1) is 6.83. The van der Waals surface area contributed by atoms with Crippen LogP contribution in [-0.4, -0.2) is 33.1 Å². The maximum Gasteiger partial charge on any atom is 0.169 e. The van der Waals surface area contributed by atoms with Gasteiger partial charge in [-0.3, -0.25) is 0 Å². The van der Waals surface area contributed by atoms with Crippen molar-refractivity contribution in [1.29, 1.82) is 0 Å². The van der Waals surface area contributed by atoms with Gasteiger partial charge in [-0.1, -0.05) is 6.42 Å². The molecule has 0 spiro atoms. The van der Waals surface area contributed by atoms with Crippen LogP contribution in [0.3, 0.4) is 0 Å². The molecule has 3 heteroatoms. The first-order valence-corrected chi connectivity index (χ1v) is 5.62. The second kappa shape index (κ2) is 4.60. The summed E-state index contributed by atoms with van der Waals surface area (Å²) in [6, 6.07) is 0.724. The first-order valence-electron chi connectivity index (χ1n) is 5.62. The minimum absolute atomic E-state index is 0.0888. The molecule has 2 fully saturated rings. The Labute approximate surface area is 86.2 Å². The summed E-state index contributed by atoms with van der Waals surface area (Å²) >= 11 is 0. The summed E-state index contributed by atoms with van der Waals surface area (Å²) in [6.07, 6.45) is 5.61. The van der Waals surface area contributed by atoms with Crippen LogP contribution in [0.1, 0.15) is 25.7 Å². The zero-order valence-electron chi connectivity index (χ0n) is 9.16. The Morgan fingerprint density at radius 3 is 2.50 bits per heavy atom. The molecule has 3 atom stereocenters. The molecule has 0 aromatic heterocycles. The third-order valence-electron chi connectivity index (χ3n) is 3.81. The second-order valence-electron chi connectivity index (χ2n) is 4.59. The maximum absolute atomic E-state index is 5.15. The lowest BCUT2D eigenvalue weighted by Crippen LogP contribution is -2.40. The van der Waals surface area contributed by atoms with Crippen molar-refractivity contribution in [2.75, 3.05) is 20.8 Å². The van der Waals surface area contributed by atoms with E-state index in [1.807, 2.05) is 0 Å². The van der Waals surface area contributed by atoms with Gasteiger partial charge in [0.15, 0.2) is 6.29 Å². The lowest BCUT2D eigenvalue weighted by molar-refractivity contribution is -0.100. The highest BCUT2D eigenvalue weighted by Gasteiger charge is 2.39. The van der Waals surface area contributed by atoms with Crippen LogP contribution in [0.4, 0.5) is 0 Å². The van der Waals surface area contributed by atoms with Gasteiger partial charge in [-0.2, -0.15) is 0 Å². The Balaban J connectivity index is 1.71. The van der Waals surface area contributed by atoms with Gasteiger partial charge in [0.05, 0.1) is 0 Å². The molecule has 2 saturated carbocycles. The van der Waals surface area contributed by atoms with Crippen molar-refractivity contribution < 1.29 is 9.47 Å². The number of methoxy groups -OCH3 is 2. The molecule has 2 bridgehead atoms. The minimum atomic E-state index is -0.0888. The van der Waals surface area contributed by atoms with Crippen molar-refractivity contribution in [3.8, 4) is 0 Å². The van der Waals surface area contributed by atoms with Gasteiger partial charge in [0.1, 0.15) is 0 Å². The fourth-order valence-electron chi connectivity index (χ4n) is 3.01. The van der Waals surface area contributed by atoms with E-state index in [1.165, 1.54) is 25.7 Å². The Morgan fingerprint density at radius 1 is 1.21 bits per heavy atom. The van der Waals surface area contributed by atoms with Gasteiger partial charge >= 0.3 is 0 Å². The lowest BCUT2D eigenvalue weighted by atomic mass is 9.95. The van der Waals surface area contributed by atoms with E-state index in [9.17, 15) is 0 Å². The van der Waals surface area contributed by atoms with Gasteiger partial charge in [-0.25, -0.2) is 0 Å². The quantitative estimate of drug-likeness (QED) is 0.679.